The van der Waals surface area contributed by atoms with Crippen molar-refractivity contribution in [1.29, 1.82) is 0 Å². The highest BCUT2D eigenvalue weighted by molar-refractivity contribution is 6.71. The van der Waals surface area contributed by atoms with Crippen LogP contribution in [0.25, 0.3) is 111 Å². The highest BCUT2D eigenvalue weighted by atomic mass is 15.2. The topological polar surface area (TPSA) is 48.5 Å². The van der Waals surface area contributed by atoms with E-state index in [0.29, 0.717) is 17.6 Å². The first kappa shape index (κ1) is 45.4. The Bertz CT molecular complexity index is 4200. The van der Waals surface area contributed by atoms with Gasteiger partial charge in [-0.05, 0) is 62.4 Å². The van der Waals surface area contributed by atoms with E-state index < -0.39 is 0 Å². The lowest BCUT2D eigenvalue weighted by Crippen LogP contribution is -2.48. The maximum absolute atomic E-state index is 5.59. The fourth-order valence-corrected chi connectivity index (χ4v) is 11.5. The Morgan fingerprint density at radius 2 is 0.583 bits per heavy atom. The second-order valence-electron chi connectivity index (χ2n) is 19.9. The van der Waals surface area contributed by atoms with Crippen molar-refractivity contribution >= 4 is 177 Å². The second-order valence-corrected chi connectivity index (χ2v) is 19.9. The summed E-state index contributed by atoms with van der Waals surface area (Å²) in [6, 6.07) is 58.3. The first-order valence-electron chi connectivity index (χ1n) is 25.1. The van der Waals surface area contributed by atoms with Crippen molar-refractivity contribution in [2.45, 2.75) is 0 Å². The SMILES string of the molecule is Bc1c(B)c(B)c2c(c1B)c1c(B)c(B)c3c4c(B)c(B)c(B)c(B)c4n(-c4nc(-c5ccccc5)nc(-c5ccc(-c6ccccc6)cc5)n4)c3c1n2-c1cccc(-c2cccc(-c3ccccc3)c2)c1. The first-order valence-corrected chi connectivity index (χ1v) is 25.1. The van der Waals surface area contributed by atoms with Gasteiger partial charge < -0.3 is 4.57 Å². The number of aromatic nitrogens is 5. The summed E-state index contributed by atoms with van der Waals surface area (Å²) < 4.78 is 5.00. The Kier molecular flexibility index (Phi) is 11.0. The van der Waals surface area contributed by atoms with E-state index in [1.54, 1.807) is 0 Å². The Morgan fingerprint density at radius 1 is 0.250 bits per heavy atom. The molecule has 12 aromatic rings. The zero-order valence-corrected chi connectivity index (χ0v) is 42.8. The molecule has 12 rings (SSSR count). The summed E-state index contributed by atoms with van der Waals surface area (Å²) >= 11 is 0. The smallest absolute Gasteiger partial charge is 0.238 e. The summed E-state index contributed by atoms with van der Waals surface area (Å²) in [4.78, 5) is 16.4. The van der Waals surface area contributed by atoms with E-state index in [9.17, 15) is 0 Å². The molecule has 5 nitrogen and oxygen atoms in total. The fraction of sp³-hybridized carbons (Fsp3) is 0. The van der Waals surface area contributed by atoms with Gasteiger partial charge >= 0.3 is 0 Å². The Balaban J connectivity index is 1.25. The number of rotatable bonds is 7. The molecule has 0 N–H and O–H groups in total. The molecule has 0 atom stereocenters. The normalized spacial score (nSPS) is 11.6. The molecule has 0 amide bonds. The lowest BCUT2D eigenvalue weighted by atomic mass is 9.64. The number of nitrogens with zero attached hydrogens (tertiary/aromatic N) is 5. The fourth-order valence-electron chi connectivity index (χ4n) is 11.5. The molecular weight excluding hydrogens is 863 g/mol. The van der Waals surface area contributed by atoms with Crippen molar-refractivity contribution < 1.29 is 0 Å². The Hall–Kier alpha value is -7.76. The molecule has 0 aliphatic carbocycles. The molecular formula is C57H47B10N5. The maximum Gasteiger partial charge on any atom is 0.238 e. The Labute approximate surface area is 430 Å². The third-order valence-corrected chi connectivity index (χ3v) is 16.2. The standard InChI is InChI=1S/C57H47B10N5/c58-41-39-37-43(60)45(62)47(64)49(66)51(37)71(36-21-11-20-35(27-36)34-19-10-18-33(26-34)29-14-6-2-7-15-29)53(39)54-40(42(41)59)38-44(61)46(63)48(65)50(67)52(38)72(54)57-69-55(31-16-8-3-9-17-31)68-56(70-57)32-24-22-30(23-25-32)28-12-4-1-5-13-28/h1-27H,58-67H2. The molecule has 330 valence electrons. The highest BCUT2D eigenvalue weighted by Crippen LogP contribution is 2.39. The zero-order chi connectivity index (χ0) is 49.7. The summed E-state index contributed by atoms with van der Waals surface area (Å²) in [6.07, 6.45) is 0. The van der Waals surface area contributed by atoms with E-state index >= 15 is 0 Å². The van der Waals surface area contributed by atoms with Gasteiger partial charge in [0.2, 0.25) is 5.95 Å². The van der Waals surface area contributed by atoms with Crippen LogP contribution in [0.2, 0.25) is 0 Å². The van der Waals surface area contributed by atoms with Gasteiger partial charge in [-0.2, -0.15) is 9.97 Å². The molecule has 3 heterocycles. The van der Waals surface area contributed by atoms with E-state index in [1.165, 1.54) is 104 Å². The van der Waals surface area contributed by atoms with Gasteiger partial charge in [-0.15, -0.1) is 10.9 Å². The molecule has 0 saturated heterocycles. The second kappa shape index (κ2) is 17.5. The van der Waals surface area contributed by atoms with Crippen LogP contribution < -0.4 is 54.6 Å². The minimum Gasteiger partial charge on any atom is -0.308 e. The van der Waals surface area contributed by atoms with E-state index in [2.05, 4.69) is 245 Å². The quantitative estimate of drug-likeness (QED) is 0.161. The van der Waals surface area contributed by atoms with E-state index in [1.807, 2.05) is 6.07 Å². The van der Waals surface area contributed by atoms with E-state index in [-0.39, 0.29) is 0 Å². The van der Waals surface area contributed by atoms with Crippen molar-refractivity contribution in [2.24, 2.45) is 0 Å². The van der Waals surface area contributed by atoms with Crippen LogP contribution in [0.4, 0.5) is 0 Å². The molecule has 72 heavy (non-hydrogen) atoms. The van der Waals surface area contributed by atoms with Crippen LogP contribution in [0.1, 0.15) is 0 Å². The average Bonchev–Trinajstić information content (AvgIpc) is 3.98. The maximum atomic E-state index is 5.59. The molecule has 0 aliphatic rings. The van der Waals surface area contributed by atoms with Gasteiger partial charge in [-0.3, -0.25) is 4.57 Å². The average molecular weight is 910 g/mol. The summed E-state index contributed by atoms with van der Waals surface area (Å²) in [5.74, 6) is 1.83. The minimum atomic E-state index is 0.588. The molecule has 0 unspecified atom stereocenters. The van der Waals surface area contributed by atoms with Crippen LogP contribution in [0, 0.1) is 0 Å². The molecule has 3 aromatic heterocycles. The van der Waals surface area contributed by atoms with Crippen LogP contribution in [0.3, 0.4) is 0 Å². The van der Waals surface area contributed by atoms with Crippen molar-refractivity contribution in [3.63, 3.8) is 0 Å². The largest absolute Gasteiger partial charge is 0.308 e. The van der Waals surface area contributed by atoms with E-state index in [4.69, 9.17) is 15.0 Å². The molecule has 0 aliphatic heterocycles. The summed E-state index contributed by atoms with van der Waals surface area (Å²) in [6.45, 7) is 0. The summed E-state index contributed by atoms with van der Waals surface area (Å²) in [5, 5.41) is 5.03. The number of benzene rings is 9. The van der Waals surface area contributed by atoms with Crippen molar-refractivity contribution in [3.05, 3.63) is 164 Å². The third kappa shape index (κ3) is 7.03. The minimum absolute atomic E-state index is 0.588. The monoisotopic (exact) mass is 911 g/mol. The lowest BCUT2D eigenvalue weighted by Gasteiger charge is -2.18. The van der Waals surface area contributed by atoms with Gasteiger partial charge in [0.1, 0.15) is 78.5 Å². The number of hydrogen-bond acceptors (Lipinski definition) is 3. The van der Waals surface area contributed by atoms with Crippen LogP contribution in [0.5, 0.6) is 0 Å². The van der Waals surface area contributed by atoms with Crippen molar-refractivity contribution in [2.75, 3.05) is 0 Å². The Morgan fingerprint density at radius 3 is 1.11 bits per heavy atom. The third-order valence-electron chi connectivity index (χ3n) is 16.2. The van der Waals surface area contributed by atoms with Gasteiger partial charge in [0.05, 0.1) is 11.0 Å². The van der Waals surface area contributed by atoms with E-state index in [0.717, 1.165) is 44.5 Å². The van der Waals surface area contributed by atoms with Crippen LogP contribution in [-0.2, 0) is 0 Å². The zero-order valence-electron chi connectivity index (χ0n) is 42.8. The number of fused-ring (bicyclic) bond motifs is 7. The van der Waals surface area contributed by atoms with Crippen molar-refractivity contribution in [3.8, 4) is 67.8 Å². The molecule has 0 saturated carbocycles. The molecule has 0 spiro atoms. The van der Waals surface area contributed by atoms with Gasteiger partial charge in [0.25, 0.3) is 0 Å². The predicted octanol–water partition coefficient (Wildman–Crippen LogP) is -3.02. The summed E-state index contributed by atoms with van der Waals surface area (Å²) in [5.41, 5.74) is 27.4. The predicted molar refractivity (Wildman–Crippen MR) is 337 cm³/mol. The van der Waals surface area contributed by atoms with Gasteiger partial charge in [-0.25, -0.2) is 4.98 Å². The van der Waals surface area contributed by atoms with Gasteiger partial charge in [-0.1, -0.05) is 189 Å². The van der Waals surface area contributed by atoms with Crippen LogP contribution >= 0.6 is 0 Å². The van der Waals surface area contributed by atoms with Crippen LogP contribution in [-0.4, -0.2) is 103 Å². The number of hydrogen-bond donors (Lipinski definition) is 0. The molecule has 0 radical (unpaired) electrons. The van der Waals surface area contributed by atoms with Crippen molar-refractivity contribution in [1.82, 2.24) is 24.1 Å². The lowest BCUT2D eigenvalue weighted by molar-refractivity contribution is 0.955. The molecule has 15 heteroatoms. The highest BCUT2D eigenvalue weighted by Gasteiger charge is 2.30. The van der Waals surface area contributed by atoms with Gasteiger partial charge in [0, 0.05) is 38.6 Å². The van der Waals surface area contributed by atoms with Gasteiger partial charge in [0.15, 0.2) is 11.6 Å². The molecule has 9 aromatic carbocycles. The first-order chi connectivity index (χ1) is 34.9. The van der Waals surface area contributed by atoms with Crippen LogP contribution in [0.15, 0.2) is 164 Å². The molecule has 0 fully saturated rings. The molecule has 0 bridgehead atoms. The summed E-state index contributed by atoms with van der Waals surface area (Å²) in [7, 11) is 23.0.